The zero-order valence-corrected chi connectivity index (χ0v) is 14.1. The summed E-state index contributed by atoms with van der Waals surface area (Å²) >= 11 is 5.76. The van der Waals surface area contributed by atoms with Crippen LogP contribution in [-0.4, -0.2) is 36.7 Å². The zero-order chi connectivity index (χ0) is 18.1. The Bertz CT molecular complexity index is 690. The smallest absolute Gasteiger partial charge is 0.340 e. The van der Waals surface area contributed by atoms with Gasteiger partial charge in [-0.2, -0.15) is 0 Å². The predicted octanol–water partition coefficient (Wildman–Crippen LogP) is 2.11. The first-order valence-electron chi connectivity index (χ1n) is 7.61. The van der Waals surface area contributed by atoms with Crippen molar-refractivity contribution >= 4 is 23.5 Å². The van der Waals surface area contributed by atoms with Crippen LogP contribution in [0.4, 0.5) is 0 Å². The molecule has 0 heterocycles. The molecule has 0 aromatic heterocycles. The Labute approximate surface area is 150 Å². The van der Waals surface area contributed by atoms with Crippen LogP contribution >= 0.6 is 11.6 Å². The fraction of sp³-hybridized carbons (Fsp3) is 0.222. The van der Waals surface area contributed by atoms with Gasteiger partial charge in [-0.3, -0.25) is 4.79 Å². The van der Waals surface area contributed by atoms with E-state index in [9.17, 15) is 14.7 Å². The monoisotopic (exact) mass is 363 g/mol. The van der Waals surface area contributed by atoms with Gasteiger partial charge in [-0.25, -0.2) is 4.79 Å². The number of aliphatic hydroxyl groups excluding tert-OH is 1. The number of hydrogen-bond acceptors (Lipinski definition) is 5. The van der Waals surface area contributed by atoms with Crippen molar-refractivity contribution in [1.29, 1.82) is 0 Å². The molecule has 0 aliphatic rings. The van der Waals surface area contributed by atoms with Crippen LogP contribution in [0.3, 0.4) is 0 Å². The predicted molar refractivity (Wildman–Crippen MR) is 92.3 cm³/mol. The molecule has 0 radical (unpaired) electrons. The average molecular weight is 364 g/mol. The number of aliphatic hydroxyl groups is 1. The second-order valence-corrected chi connectivity index (χ2v) is 5.51. The molecule has 7 heteroatoms. The molecule has 2 rings (SSSR count). The quantitative estimate of drug-likeness (QED) is 0.554. The molecule has 2 N–H and O–H groups in total. The van der Waals surface area contributed by atoms with Gasteiger partial charge in [-0.05, 0) is 29.8 Å². The maximum absolute atomic E-state index is 11.7. The van der Waals surface area contributed by atoms with Gasteiger partial charge in [0.2, 0.25) is 0 Å². The van der Waals surface area contributed by atoms with Gasteiger partial charge >= 0.3 is 5.97 Å². The third kappa shape index (κ3) is 6.45. The molecule has 2 aromatic rings. The minimum absolute atomic E-state index is 0.250. The van der Waals surface area contributed by atoms with Gasteiger partial charge < -0.3 is 19.9 Å². The van der Waals surface area contributed by atoms with Crippen LogP contribution in [0, 0.1) is 0 Å². The van der Waals surface area contributed by atoms with Crippen LogP contribution in [0.15, 0.2) is 54.6 Å². The highest BCUT2D eigenvalue weighted by Crippen LogP contribution is 2.15. The Kier molecular flexibility index (Phi) is 7.25. The number of nitrogens with one attached hydrogen (secondary N) is 1. The Balaban J connectivity index is 1.63. The molecule has 0 aliphatic heterocycles. The van der Waals surface area contributed by atoms with E-state index in [1.807, 2.05) is 0 Å². The molecule has 2 aromatic carbocycles. The van der Waals surface area contributed by atoms with E-state index in [2.05, 4.69) is 5.32 Å². The highest BCUT2D eigenvalue weighted by atomic mass is 35.5. The van der Waals surface area contributed by atoms with Gasteiger partial charge in [0.25, 0.3) is 5.91 Å². The minimum atomic E-state index is -1.41. The van der Waals surface area contributed by atoms with E-state index in [0.29, 0.717) is 16.3 Å². The van der Waals surface area contributed by atoms with E-state index >= 15 is 0 Å². The van der Waals surface area contributed by atoms with Gasteiger partial charge in [-0.1, -0.05) is 41.9 Å². The largest absolute Gasteiger partial charge is 0.492 e. The van der Waals surface area contributed by atoms with E-state index in [1.165, 1.54) is 0 Å². The normalized spacial score (nSPS) is 11.4. The van der Waals surface area contributed by atoms with Crippen molar-refractivity contribution in [2.75, 3.05) is 19.8 Å². The van der Waals surface area contributed by atoms with Crippen LogP contribution in [0.1, 0.15) is 11.7 Å². The molecule has 0 saturated heterocycles. The van der Waals surface area contributed by atoms with Crippen LogP contribution in [0.2, 0.25) is 5.02 Å². The van der Waals surface area contributed by atoms with E-state index < -0.39 is 24.6 Å². The lowest BCUT2D eigenvalue weighted by Crippen LogP contribution is -2.32. The van der Waals surface area contributed by atoms with E-state index in [0.717, 1.165) is 0 Å². The molecule has 25 heavy (non-hydrogen) atoms. The van der Waals surface area contributed by atoms with Crippen molar-refractivity contribution in [2.45, 2.75) is 6.10 Å². The number of ether oxygens (including phenoxy) is 2. The second kappa shape index (κ2) is 9.66. The minimum Gasteiger partial charge on any atom is -0.492 e. The SMILES string of the molecule is O=C(COC(=O)[C@@H](O)c1ccccc1)NCCOc1ccc(Cl)cc1. The lowest BCUT2D eigenvalue weighted by molar-refractivity contribution is -0.157. The number of carbonyl (C=O) groups is 2. The molecular weight excluding hydrogens is 346 g/mol. The molecule has 132 valence electrons. The van der Waals surface area contributed by atoms with Crippen molar-refractivity contribution in [2.24, 2.45) is 0 Å². The van der Waals surface area contributed by atoms with Crippen LogP contribution in [-0.2, 0) is 14.3 Å². The standard InChI is InChI=1S/C18H18ClNO5/c19-14-6-8-15(9-7-14)24-11-10-20-16(21)12-25-18(23)17(22)13-4-2-1-3-5-13/h1-9,17,22H,10-12H2,(H,20,21)/t17-/m0/s1. The first kappa shape index (κ1) is 18.8. The molecule has 1 amide bonds. The van der Waals surface area contributed by atoms with E-state index in [-0.39, 0.29) is 13.2 Å². The van der Waals surface area contributed by atoms with Crippen molar-refractivity contribution in [3.8, 4) is 5.75 Å². The van der Waals surface area contributed by atoms with Gasteiger partial charge in [-0.15, -0.1) is 0 Å². The van der Waals surface area contributed by atoms with Crippen molar-refractivity contribution in [3.05, 3.63) is 65.2 Å². The topological polar surface area (TPSA) is 84.9 Å². The van der Waals surface area contributed by atoms with Gasteiger partial charge in [0, 0.05) is 5.02 Å². The van der Waals surface area contributed by atoms with Gasteiger partial charge in [0.15, 0.2) is 12.7 Å². The number of amides is 1. The molecule has 1 atom stereocenters. The van der Waals surface area contributed by atoms with Crippen molar-refractivity contribution < 1.29 is 24.2 Å². The maximum atomic E-state index is 11.7. The first-order chi connectivity index (χ1) is 12.1. The lowest BCUT2D eigenvalue weighted by Gasteiger charge is -2.11. The van der Waals surface area contributed by atoms with Crippen LogP contribution in [0.5, 0.6) is 5.75 Å². The Morgan fingerprint density at radius 2 is 1.76 bits per heavy atom. The molecule has 0 unspecified atom stereocenters. The molecule has 0 bridgehead atoms. The lowest BCUT2D eigenvalue weighted by atomic mass is 10.1. The molecular formula is C18H18ClNO5. The van der Waals surface area contributed by atoms with Crippen LogP contribution < -0.4 is 10.1 Å². The number of hydrogen-bond donors (Lipinski definition) is 2. The summed E-state index contributed by atoms with van der Waals surface area (Å²) < 4.78 is 10.2. The van der Waals surface area contributed by atoms with Crippen LogP contribution in [0.25, 0.3) is 0 Å². The zero-order valence-electron chi connectivity index (χ0n) is 13.4. The maximum Gasteiger partial charge on any atom is 0.340 e. The fourth-order valence-corrected chi connectivity index (χ4v) is 2.05. The summed E-state index contributed by atoms with van der Waals surface area (Å²) in [6, 6.07) is 15.2. The summed E-state index contributed by atoms with van der Waals surface area (Å²) in [6.07, 6.45) is -1.41. The summed E-state index contributed by atoms with van der Waals surface area (Å²) in [4.78, 5) is 23.3. The summed E-state index contributed by atoms with van der Waals surface area (Å²) in [5.74, 6) is -0.719. The Morgan fingerprint density at radius 1 is 1.08 bits per heavy atom. The summed E-state index contributed by atoms with van der Waals surface area (Å²) in [7, 11) is 0. The molecule has 0 spiro atoms. The Morgan fingerprint density at radius 3 is 2.44 bits per heavy atom. The highest BCUT2D eigenvalue weighted by molar-refractivity contribution is 6.30. The number of halogens is 1. The van der Waals surface area contributed by atoms with Crippen molar-refractivity contribution in [1.82, 2.24) is 5.32 Å². The van der Waals surface area contributed by atoms with E-state index in [1.54, 1.807) is 54.6 Å². The number of esters is 1. The molecule has 0 fully saturated rings. The Hall–Kier alpha value is -2.57. The highest BCUT2D eigenvalue weighted by Gasteiger charge is 2.19. The summed E-state index contributed by atoms with van der Waals surface area (Å²) in [6.45, 7) is 0.0396. The first-order valence-corrected chi connectivity index (χ1v) is 7.99. The molecule has 0 saturated carbocycles. The van der Waals surface area contributed by atoms with Crippen molar-refractivity contribution in [3.63, 3.8) is 0 Å². The summed E-state index contributed by atoms with van der Waals surface area (Å²) in [5, 5.41) is 13.0. The summed E-state index contributed by atoms with van der Waals surface area (Å²) in [5.41, 5.74) is 0.407. The van der Waals surface area contributed by atoms with Gasteiger partial charge in [0.05, 0.1) is 6.54 Å². The third-order valence-electron chi connectivity index (χ3n) is 3.19. The molecule has 6 nitrogen and oxygen atoms in total. The fourth-order valence-electron chi connectivity index (χ4n) is 1.93. The van der Waals surface area contributed by atoms with E-state index in [4.69, 9.17) is 21.1 Å². The molecule has 0 aliphatic carbocycles. The average Bonchev–Trinajstić information content (AvgIpc) is 2.64. The third-order valence-corrected chi connectivity index (χ3v) is 3.44. The number of rotatable bonds is 8. The number of benzene rings is 2. The van der Waals surface area contributed by atoms with Gasteiger partial charge in [0.1, 0.15) is 12.4 Å². The number of carbonyl (C=O) groups excluding carboxylic acids is 2. The second-order valence-electron chi connectivity index (χ2n) is 5.07.